The van der Waals surface area contributed by atoms with E-state index in [1.165, 1.54) is 5.57 Å². The Balaban J connectivity index is 2.59. The summed E-state index contributed by atoms with van der Waals surface area (Å²) in [5, 5.41) is 9.12. The quantitative estimate of drug-likeness (QED) is 0.469. The van der Waals surface area contributed by atoms with E-state index in [9.17, 15) is 0 Å². The first kappa shape index (κ1) is 5.83. The van der Waals surface area contributed by atoms with Crippen LogP contribution in [0.15, 0.2) is 11.6 Å². The summed E-state index contributed by atoms with van der Waals surface area (Å²) < 4.78 is 0. The molecule has 1 aliphatic carbocycles. The van der Waals surface area contributed by atoms with Crippen molar-refractivity contribution in [3.63, 3.8) is 0 Å². The zero-order valence-electron chi connectivity index (χ0n) is 5.39. The van der Waals surface area contributed by atoms with Gasteiger partial charge in [0.05, 0.1) is 6.10 Å². The van der Waals surface area contributed by atoms with Crippen molar-refractivity contribution >= 4 is 0 Å². The molecule has 0 heterocycles. The van der Waals surface area contributed by atoms with Gasteiger partial charge in [0.25, 0.3) is 0 Å². The first-order valence-electron chi connectivity index (χ1n) is 3.06. The molecule has 0 amide bonds. The van der Waals surface area contributed by atoms with Crippen molar-refractivity contribution < 1.29 is 5.11 Å². The van der Waals surface area contributed by atoms with E-state index in [1.54, 1.807) is 0 Å². The molecule has 0 aliphatic heterocycles. The summed E-state index contributed by atoms with van der Waals surface area (Å²) in [6.45, 7) is 4.13. The Hall–Kier alpha value is -0.300. The number of aliphatic hydroxyl groups excluding tert-OH is 1. The van der Waals surface area contributed by atoms with Crippen molar-refractivity contribution in [1.29, 1.82) is 0 Å². The van der Waals surface area contributed by atoms with Gasteiger partial charge < -0.3 is 5.11 Å². The van der Waals surface area contributed by atoms with Gasteiger partial charge in [0, 0.05) is 5.92 Å². The van der Waals surface area contributed by atoms with E-state index in [0.29, 0.717) is 5.92 Å². The van der Waals surface area contributed by atoms with Crippen molar-refractivity contribution in [2.45, 2.75) is 26.4 Å². The second-order valence-corrected chi connectivity index (χ2v) is 2.54. The van der Waals surface area contributed by atoms with E-state index >= 15 is 0 Å². The van der Waals surface area contributed by atoms with Crippen LogP contribution in [0.4, 0.5) is 0 Å². The molecule has 1 N–H and O–H groups in total. The van der Waals surface area contributed by atoms with E-state index in [2.05, 4.69) is 19.9 Å². The van der Waals surface area contributed by atoms with Crippen LogP contribution in [-0.2, 0) is 0 Å². The largest absolute Gasteiger partial charge is 0.392 e. The average molecular weight is 112 g/mol. The summed E-state index contributed by atoms with van der Waals surface area (Å²) in [6, 6.07) is 0. The van der Waals surface area contributed by atoms with Gasteiger partial charge in [-0.2, -0.15) is 0 Å². The molecular formula is C7H12O. The molecule has 0 bridgehead atoms. The Morgan fingerprint density at radius 3 is 2.50 bits per heavy atom. The van der Waals surface area contributed by atoms with Gasteiger partial charge in [0.2, 0.25) is 0 Å². The van der Waals surface area contributed by atoms with Crippen molar-refractivity contribution in [3.05, 3.63) is 11.6 Å². The van der Waals surface area contributed by atoms with E-state index in [4.69, 9.17) is 5.11 Å². The molecule has 46 valence electrons. The lowest BCUT2D eigenvalue weighted by Gasteiger charge is -2.08. The molecule has 1 unspecified atom stereocenters. The first-order chi connectivity index (χ1) is 3.72. The Kier molecular flexibility index (Phi) is 1.39. The smallest absolute Gasteiger partial charge is 0.0637 e. The van der Waals surface area contributed by atoms with Crippen LogP contribution < -0.4 is 0 Å². The van der Waals surface area contributed by atoms with Crippen LogP contribution in [0.5, 0.6) is 0 Å². The van der Waals surface area contributed by atoms with Crippen LogP contribution in [0.3, 0.4) is 0 Å². The molecule has 8 heavy (non-hydrogen) atoms. The molecule has 0 aromatic heterocycles. The Bertz CT molecular complexity index is 116. The molecule has 1 nitrogen and oxygen atoms in total. The normalized spacial score (nSPS) is 37.6. The fourth-order valence-electron chi connectivity index (χ4n) is 1.00. The summed E-state index contributed by atoms with van der Waals surface area (Å²) in [5.41, 5.74) is 1.33. The Morgan fingerprint density at radius 2 is 2.38 bits per heavy atom. The predicted molar refractivity (Wildman–Crippen MR) is 33.5 cm³/mol. The van der Waals surface area contributed by atoms with Gasteiger partial charge in [-0.15, -0.1) is 0 Å². The number of hydrogen-bond donors (Lipinski definition) is 1. The molecule has 1 aliphatic rings. The summed E-state index contributed by atoms with van der Waals surface area (Å²) >= 11 is 0. The lowest BCUT2D eigenvalue weighted by molar-refractivity contribution is 0.147. The minimum Gasteiger partial charge on any atom is -0.392 e. The van der Waals surface area contributed by atoms with E-state index < -0.39 is 0 Å². The predicted octanol–water partition coefficient (Wildman–Crippen LogP) is 1.33. The highest BCUT2D eigenvalue weighted by molar-refractivity contribution is 5.11. The van der Waals surface area contributed by atoms with Crippen LogP contribution in [0, 0.1) is 5.92 Å². The molecule has 0 saturated carbocycles. The lowest BCUT2D eigenvalue weighted by Crippen LogP contribution is -2.11. The second kappa shape index (κ2) is 1.90. The zero-order valence-corrected chi connectivity index (χ0v) is 5.39. The maximum absolute atomic E-state index is 9.12. The molecule has 1 rings (SSSR count). The summed E-state index contributed by atoms with van der Waals surface area (Å²) in [6.07, 6.45) is 2.86. The van der Waals surface area contributed by atoms with Gasteiger partial charge in [0.1, 0.15) is 0 Å². The first-order valence-corrected chi connectivity index (χ1v) is 3.06. The van der Waals surface area contributed by atoms with E-state index in [-0.39, 0.29) is 6.10 Å². The van der Waals surface area contributed by atoms with Gasteiger partial charge in [-0.25, -0.2) is 0 Å². The van der Waals surface area contributed by atoms with Gasteiger partial charge >= 0.3 is 0 Å². The molecule has 2 atom stereocenters. The molecule has 0 aromatic rings. The zero-order chi connectivity index (χ0) is 6.15. The number of hydrogen-bond acceptors (Lipinski definition) is 1. The summed E-state index contributed by atoms with van der Waals surface area (Å²) in [5.74, 6) is 0.398. The van der Waals surface area contributed by atoms with Crippen molar-refractivity contribution in [1.82, 2.24) is 0 Å². The van der Waals surface area contributed by atoms with E-state index in [1.807, 2.05) is 0 Å². The SMILES string of the molecule is CC1=CCC(O)[C@H]1C. The minimum absolute atomic E-state index is 0.102. The van der Waals surface area contributed by atoms with Crippen molar-refractivity contribution in [3.8, 4) is 0 Å². The van der Waals surface area contributed by atoms with Crippen LogP contribution in [0.2, 0.25) is 0 Å². The van der Waals surface area contributed by atoms with Crippen molar-refractivity contribution in [2.75, 3.05) is 0 Å². The topological polar surface area (TPSA) is 20.2 Å². The standard InChI is InChI=1S/C7H12O/c1-5-3-4-7(8)6(5)2/h3,6-8H,4H2,1-2H3/t6-,7?/m0/s1. The second-order valence-electron chi connectivity index (χ2n) is 2.54. The molecule has 0 radical (unpaired) electrons. The highest BCUT2D eigenvalue weighted by Gasteiger charge is 2.19. The molecular weight excluding hydrogens is 100 g/mol. The maximum Gasteiger partial charge on any atom is 0.0637 e. The average Bonchev–Trinajstić information content (AvgIpc) is 1.98. The van der Waals surface area contributed by atoms with Crippen LogP contribution >= 0.6 is 0 Å². The molecule has 0 fully saturated rings. The third-order valence-electron chi connectivity index (χ3n) is 1.98. The van der Waals surface area contributed by atoms with Gasteiger partial charge in [-0.3, -0.25) is 0 Å². The summed E-state index contributed by atoms with van der Waals surface area (Å²) in [4.78, 5) is 0. The maximum atomic E-state index is 9.12. The van der Waals surface area contributed by atoms with Crippen molar-refractivity contribution in [2.24, 2.45) is 5.92 Å². The van der Waals surface area contributed by atoms with Gasteiger partial charge in [-0.1, -0.05) is 18.6 Å². The van der Waals surface area contributed by atoms with E-state index in [0.717, 1.165) is 6.42 Å². The van der Waals surface area contributed by atoms with Gasteiger partial charge in [0.15, 0.2) is 0 Å². The lowest BCUT2D eigenvalue weighted by atomic mass is 10.0. The van der Waals surface area contributed by atoms with Gasteiger partial charge in [-0.05, 0) is 13.3 Å². The highest BCUT2D eigenvalue weighted by Crippen LogP contribution is 2.24. The Labute approximate surface area is 50.0 Å². The van der Waals surface area contributed by atoms with Crippen LogP contribution in [0.25, 0.3) is 0 Å². The fourth-order valence-corrected chi connectivity index (χ4v) is 1.00. The fraction of sp³-hybridized carbons (Fsp3) is 0.714. The van der Waals surface area contributed by atoms with Crippen LogP contribution in [0.1, 0.15) is 20.3 Å². The number of aliphatic hydroxyl groups is 1. The third kappa shape index (κ3) is 0.781. The van der Waals surface area contributed by atoms with Crippen LogP contribution in [-0.4, -0.2) is 11.2 Å². The number of rotatable bonds is 0. The molecule has 1 heteroatoms. The molecule has 0 saturated heterocycles. The molecule has 0 spiro atoms. The highest BCUT2D eigenvalue weighted by atomic mass is 16.3. The summed E-state index contributed by atoms with van der Waals surface area (Å²) in [7, 11) is 0. The third-order valence-corrected chi connectivity index (χ3v) is 1.98. The monoisotopic (exact) mass is 112 g/mol. The molecule has 0 aromatic carbocycles. The Morgan fingerprint density at radius 1 is 1.75 bits per heavy atom. The minimum atomic E-state index is -0.102.